The van der Waals surface area contributed by atoms with Gasteiger partial charge in [0.1, 0.15) is 15.7 Å². The van der Waals surface area contributed by atoms with Gasteiger partial charge in [0.2, 0.25) is 5.91 Å². The number of halogens is 1. The van der Waals surface area contributed by atoms with Gasteiger partial charge >= 0.3 is 0 Å². The van der Waals surface area contributed by atoms with Crippen molar-refractivity contribution in [1.82, 2.24) is 14.9 Å². The van der Waals surface area contributed by atoms with E-state index in [0.29, 0.717) is 17.1 Å². The third-order valence-corrected chi connectivity index (χ3v) is 8.80. The summed E-state index contributed by atoms with van der Waals surface area (Å²) < 4.78 is 0. The van der Waals surface area contributed by atoms with E-state index in [9.17, 15) is 9.59 Å². The molecule has 8 heteroatoms. The number of rotatable bonds is 3. The number of likely N-dealkylation sites (tertiary alicyclic amines) is 1. The van der Waals surface area contributed by atoms with Crippen LogP contribution in [0, 0.1) is 6.92 Å². The summed E-state index contributed by atoms with van der Waals surface area (Å²) in [5, 5.41) is 2.27. The number of carbonyl (C=O) groups excluding carboxylic acids is 2. The number of aromatic nitrogens is 2. The molecule has 0 spiro atoms. The molecule has 1 fully saturated rings. The molecule has 5 rings (SSSR count). The maximum Gasteiger partial charge on any atom is 0.260 e. The first-order chi connectivity index (χ1) is 15.5. The summed E-state index contributed by atoms with van der Waals surface area (Å²) in [5.74, 6) is 0.353. The number of hydrogen-bond donors (Lipinski definition) is 0. The zero-order valence-electron chi connectivity index (χ0n) is 17.9. The Balaban J connectivity index is 1.46. The maximum absolute atomic E-state index is 13.5. The van der Waals surface area contributed by atoms with Gasteiger partial charge in [-0.25, -0.2) is 9.97 Å². The molecule has 0 radical (unpaired) electrons. The smallest absolute Gasteiger partial charge is 0.260 e. The number of nitrogens with zero attached hydrogens (tertiary/aromatic N) is 3. The molecular weight excluding hydrogens is 462 g/mol. The molecule has 1 atom stereocenters. The van der Waals surface area contributed by atoms with Crippen LogP contribution in [0.4, 0.5) is 0 Å². The second kappa shape index (κ2) is 9.12. The molecule has 3 aromatic rings. The summed E-state index contributed by atoms with van der Waals surface area (Å²) in [7, 11) is 0. The van der Waals surface area contributed by atoms with Crippen LogP contribution in [0.1, 0.15) is 58.7 Å². The predicted molar refractivity (Wildman–Crippen MR) is 130 cm³/mol. The number of benzene rings is 1. The van der Waals surface area contributed by atoms with E-state index in [1.54, 1.807) is 35.6 Å². The Kier molecular flexibility index (Phi) is 6.23. The van der Waals surface area contributed by atoms with Gasteiger partial charge in [-0.3, -0.25) is 14.5 Å². The van der Waals surface area contributed by atoms with Crippen LogP contribution in [-0.2, 0) is 17.6 Å². The molecule has 1 aromatic carbocycles. The fourth-order valence-corrected chi connectivity index (χ4v) is 7.31. The zero-order valence-corrected chi connectivity index (χ0v) is 20.3. The van der Waals surface area contributed by atoms with Gasteiger partial charge in [-0.05, 0) is 75.3 Å². The highest BCUT2D eigenvalue weighted by Gasteiger charge is 2.33. The van der Waals surface area contributed by atoms with Crippen LogP contribution in [0.3, 0.4) is 0 Å². The van der Waals surface area contributed by atoms with Crippen LogP contribution in [0.5, 0.6) is 0 Å². The predicted octanol–water partition coefficient (Wildman–Crippen LogP) is 5.85. The van der Waals surface area contributed by atoms with Gasteiger partial charge in [0.15, 0.2) is 0 Å². The van der Waals surface area contributed by atoms with E-state index in [-0.39, 0.29) is 17.1 Å². The molecule has 5 nitrogen and oxygen atoms in total. The summed E-state index contributed by atoms with van der Waals surface area (Å²) >= 11 is 9.26. The van der Waals surface area contributed by atoms with E-state index >= 15 is 0 Å². The van der Waals surface area contributed by atoms with Crippen LogP contribution < -0.4 is 0 Å². The first-order valence-electron chi connectivity index (χ1n) is 11.1. The topological polar surface area (TPSA) is 63.2 Å². The minimum atomic E-state index is -0.328. The van der Waals surface area contributed by atoms with E-state index < -0.39 is 0 Å². The van der Waals surface area contributed by atoms with Crippen LogP contribution in [0.2, 0.25) is 5.02 Å². The van der Waals surface area contributed by atoms with Crippen molar-refractivity contribution in [3.63, 3.8) is 0 Å². The number of carbonyl (C=O) groups is 2. The average Bonchev–Trinajstić information content (AvgIpc) is 3.06. The van der Waals surface area contributed by atoms with E-state index in [1.807, 2.05) is 6.92 Å². The molecule has 32 heavy (non-hydrogen) atoms. The molecule has 1 aliphatic carbocycles. The second-order valence-corrected chi connectivity index (χ2v) is 11.1. The molecule has 0 bridgehead atoms. The Bertz CT molecular complexity index is 1190. The Morgan fingerprint density at radius 2 is 1.91 bits per heavy atom. The van der Waals surface area contributed by atoms with Gasteiger partial charge in [-0.2, -0.15) is 0 Å². The third-order valence-electron chi connectivity index (χ3n) is 6.12. The second-order valence-electron chi connectivity index (χ2n) is 8.37. The largest absolute Gasteiger partial charge is 0.278 e. The van der Waals surface area contributed by atoms with Crippen molar-refractivity contribution >= 4 is 56.7 Å². The molecule has 2 aliphatic rings. The van der Waals surface area contributed by atoms with Crippen molar-refractivity contribution in [2.24, 2.45) is 0 Å². The lowest BCUT2D eigenvalue weighted by Gasteiger charge is -2.22. The Morgan fingerprint density at radius 1 is 1.12 bits per heavy atom. The molecule has 3 heterocycles. The van der Waals surface area contributed by atoms with Crippen molar-refractivity contribution in [2.45, 2.75) is 62.1 Å². The van der Waals surface area contributed by atoms with Crippen LogP contribution in [-0.4, -0.2) is 38.5 Å². The van der Waals surface area contributed by atoms with E-state index in [4.69, 9.17) is 21.6 Å². The lowest BCUT2D eigenvalue weighted by atomic mass is 9.97. The van der Waals surface area contributed by atoms with Gasteiger partial charge in [-0.15, -0.1) is 11.3 Å². The molecule has 0 unspecified atom stereocenters. The van der Waals surface area contributed by atoms with Gasteiger partial charge in [-0.1, -0.05) is 29.8 Å². The van der Waals surface area contributed by atoms with Crippen molar-refractivity contribution in [3.8, 4) is 0 Å². The third kappa shape index (κ3) is 4.18. The molecule has 1 saturated heterocycles. The van der Waals surface area contributed by atoms with Crippen LogP contribution >= 0.6 is 34.7 Å². The monoisotopic (exact) mass is 485 g/mol. The SMILES string of the molecule is Cc1nc(S[C@@H]2CCCCN(C(=O)c3ccc(Cl)cc3)C2=O)c2c3c(sc2n1)CCCC3. The van der Waals surface area contributed by atoms with Gasteiger partial charge in [0.25, 0.3) is 5.91 Å². The minimum absolute atomic E-state index is 0.124. The van der Waals surface area contributed by atoms with Crippen LogP contribution in [0.15, 0.2) is 29.3 Å². The van der Waals surface area contributed by atoms with Crippen molar-refractivity contribution in [1.29, 1.82) is 0 Å². The van der Waals surface area contributed by atoms with Gasteiger partial charge in [0.05, 0.1) is 5.25 Å². The summed E-state index contributed by atoms with van der Waals surface area (Å²) in [4.78, 5) is 39.9. The minimum Gasteiger partial charge on any atom is -0.278 e. The normalized spacial score (nSPS) is 19.1. The van der Waals surface area contributed by atoms with Crippen molar-refractivity contribution in [3.05, 3.63) is 51.1 Å². The maximum atomic E-state index is 13.5. The Labute approximate surface area is 200 Å². The fourth-order valence-electron chi connectivity index (χ4n) is 4.51. The first kappa shape index (κ1) is 21.9. The molecule has 1 aliphatic heterocycles. The quantitative estimate of drug-likeness (QED) is 0.344. The standard InChI is InChI=1S/C24H24ClN3O2S2/c1-14-26-21-20(17-6-2-3-7-18(17)31-21)22(27-14)32-19-8-4-5-13-28(24(19)30)23(29)15-9-11-16(25)12-10-15/h9-12,19H,2-8,13H2,1H3/t19-/m1/s1. The number of fused-ring (bicyclic) bond motifs is 3. The fraction of sp³-hybridized carbons (Fsp3) is 0.417. The highest BCUT2D eigenvalue weighted by atomic mass is 35.5. The summed E-state index contributed by atoms with van der Waals surface area (Å²) in [6, 6.07) is 6.73. The van der Waals surface area contributed by atoms with Crippen molar-refractivity contribution in [2.75, 3.05) is 6.54 Å². The number of thiophene rings is 1. The Morgan fingerprint density at radius 3 is 2.72 bits per heavy atom. The highest BCUT2D eigenvalue weighted by molar-refractivity contribution is 8.00. The number of amides is 2. The zero-order chi connectivity index (χ0) is 22.2. The summed E-state index contributed by atoms with van der Waals surface area (Å²) in [5.41, 5.74) is 1.86. The molecule has 0 N–H and O–H groups in total. The molecular formula is C24H24ClN3O2S2. The summed E-state index contributed by atoms with van der Waals surface area (Å²) in [6.45, 7) is 2.36. The number of imide groups is 1. The van der Waals surface area contributed by atoms with E-state index in [2.05, 4.69) is 0 Å². The van der Waals surface area contributed by atoms with Gasteiger partial charge in [0, 0.05) is 27.4 Å². The lowest BCUT2D eigenvalue weighted by Crippen LogP contribution is -2.41. The number of hydrogen-bond acceptors (Lipinski definition) is 6. The highest BCUT2D eigenvalue weighted by Crippen LogP contribution is 2.41. The van der Waals surface area contributed by atoms with Crippen molar-refractivity contribution < 1.29 is 9.59 Å². The summed E-state index contributed by atoms with van der Waals surface area (Å²) in [6.07, 6.45) is 7.02. The van der Waals surface area contributed by atoms with E-state index in [0.717, 1.165) is 53.2 Å². The lowest BCUT2D eigenvalue weighted by molar-refractivity contribution is -0.127. The Hall–Kier alpha value is -1.96. The molecule has 166 valence electrons. The molecule has 2 aromatic heterocycles. The van der Waals surface area contributed by atoms with Crippen LogP contribution in [0.25, 0.3) is 10.2 Å². The van der Waals surface area contributed by atoms with E-state index in [1.165, 1.54) is 39.9 Å². The molecule has 0 saturated carbocycles. The number of thioether (sulfide) groups is 1. The van der Waals surface area contributed by atoms with Gasteiger partial charge < -0.3 is 0 Å². The average molecular weight is 486 g/mol. The number of aryl methyl sites for hydroxylation is 3. The molecule has 2 amide bonds. The first-order valence-corrected chi connectivity index (χ1v) is 13.2.